The minimum atomic E-state index is 0.565. The summed E-state index contributed by atoms with van der Waals surface area (Å²) in [7, 11) is 3.30. The van der Waals surface area contributed by atoms with Gasteiger partial charge in [0.25, 0.3) is 0 Å². The van der Waals surface area contributed by atoms with Crippen molar-refractivity contribution in [1.82, 2.24) is 9.66 Å². The van der Waals surface area contributed by atoms with Crippen molar-refractivity contribution in [2.45, 2.75) is 6.54 Å². The van der Waals surface area contributed by atoms with E-state index in [-0.39, 0.29) is 0 Å². The third-order valence-electron chi connectivity index (χ3n) is 4.60. The van der Waals surface area contributed by atoms with Crippen LogP contribution in [0.4, 0.5) is 0 Å². The number of methoxy groups -OCH3 is 2. The molecule has 156 valence electrons. The lowest BCUT2D eigenvalue weighted by Crippen LogP contribution is -2.13. The van der Waals surface area contributed by atoms with E-state index in [1.807, 2.05) is 64.7 Å². The van der Waals surface area contributed by atoms with Gasteiger partial charge in [-0.05, 0) is 35.9 Å². The summed E-state index contributed by atoms with van der Waals surface area (Å²) in [5.41, 5.74) is 3.63. The number of nitrogens with zero attached hydrogens (tertiary/aromatic N) is 4. The molecule has 0 radical (unpaired) electrons. The summed E-state index contributed by atoms with van der Waals surface area (Å²) in [6.07, 6.45) is 3.47. The fourth-order valence-corrected chi connectivity index (χ4v) is 3.86. The van der Waals surface area contributed by atoms with Gasteiger partial charge in [-0.3, -0.25) is 9.98 Å². The highest BCUT2D eigenvalue weighted by Gasteiger charge is 2.14. The Kier molecular flexibility index (Phi) is 6.54. The quantitative estimate of drug-likeness (QED) is 0.402. The Morgan fingerprint density at radius 3 is 2.58 bits per heavy atom. The Balaban J connectivity index is 1.82. The molecule has 2 heterocycles. The first-order valence-electron chi connectivity index (χ1n) is 9.71. The van der Waals surface area contributed by atoms with E-state index in [4.69, 9.17) is 19.6 Å². The number of aromatic nitrogens is 2. The third kappa shape index (κ3) is 4.90. The van der Waals surface area contributed by atoms with Crippen LogP contribution in [-0.4, -0.2) is 30.1 Å². The molecule has 4 aromatic rings. The zero-order chi connectivity index (χ0) is 21.5. The Hall–Kier alpha value is -3.71. The van der Waals surface area contributed by atoms with Crippen molar-refractivity contribution in [1.29, 1.82) is 0 Å². The van der Waals surface area contributed by atoms with Crippen molar-refractivity contribution in [2.75, 3.05) is 14.2 Å². The SMILES string of the molecule is COc1ccc(OC)c(-c2csc(=NCc3ccccc3)n2N=Cc2ccccn2)c1. The van der Waals surface area contributed by atoms with Crippen molar-refractivity contribution >= 4 is 17.6 Å². The van der Waals surface area contributed by atoms with Crippen LogP contribution in [0.15, 0.2) is 88.4 Å². The second kappa shape index (κ2) is 9.86. The lowest BCUT2D eigenvalue weighted by molar-refractivity contribution is 0.404. The lowest BCUT2D eigenvalue weighted by atomic mass is 10.1. The minimum Gasteiger partial charge on any atom is -0.497 e. The van der Waals surface area contributed by atoms with E-state index in [0.29, 0.717) is 6.54 Å². The Morgan fingerprint density at radius 1 is 1.00 bits per heavy atom. The molecule has 2 aromatic carbocycles. The molecule has 0 aliphatic rings. The molecule has 0 saturated carbocycles. The van der Waals surface area contributed by atoms with Crippen LogP contribution in [0.3, 0.4) is 0 Å². The fraction of sp³-hybridized carbons (Fsp3) is 0.125. The summed E-state index contributed by atoms with van der Waals surface area (Å²) in [4.78, 5) is 9.91. The molecule has 7 heteroatoms. The minimum absolute atomic E-state index is 0.565. The molecule has 0 amide bonds. The van der Waals surface area contributed by atoms with E-state index in [1.165, 1.54) is 11.3 Å². The van der Waals surface area contributed by atoms with E-state index in [1.54, 1.807) is 26.6 Å². The van der Waals surface area contributed by atoms with Crippen molar-refractivity contribution < 1.29 is 9.47 Å². The van der Waals surface area contributed by atoms with Crippen LogP contribution in [-0.2, 0) is 6.54 Å². The molecule has 4 rings (SSSR count). The van der Waals surface area contributed by atoms with Crippen molar-refractivity contribution in [3.63, 3.8) is 0 Å². The van der Waals surface area contributed by atoms with Crippen molar-refractivity contribution in [3.8, 4) is 22.8 Å². The van der Waals surface area contributed by atoms with Gasteiger partial charge in [0.05, 0.1) is 38.4 Å². The molecule has 0 atom stereocenters. The number of ether oxygens (including phenoxy) is 2. The predicted octanol–water partition coefficient (Wildman–Crippen LogP) is 4.61. The first-order valence-corrected chi connectivity index (χ1v) is 10.6. The molecule has 0 unspecified atom stereocenters. The molecule has 0 N–H and O–H groups in total. The molecule has 6 nitrogen and oxygen atoms in total. The summed E-state index contributed by atoms with van der Waals surface area (Å²) < 4.78 is 12.8. The summed E-state index contributed by atoms with van der Waals surface area (Å²) in [6, 6.07) is 21.6. The smallest absolute Gasteiger partial charge is 0.206 e. The van der Waals surface area contributed by atoms with Crippen LogP contribution in [0.1, 0.15) is 11.3 Å². The molecule has 0 saturated heterocycles. The van der Waals surface area contributed by atoms with Crippen LogP contribution in [0.5, 0.6) is 11.5 Å². The maximum absolute atomic E-state index is 5.60. The van der Waals surface area contributed by atoms with E-state index < -0.39 is 0 Å². The van der Waals surface area contributed by atoms with Crippen molar-refractivity contribution in [2.24, 2.45) is 10.1 Å². The zero-order valence-corrected chi connectivity index (χ0v) is 18.1. The molecule has 2 aromatic heterocycles. The molecule has 0 fully saturated rings. The molecule has 31 heavy (non-hydrogen) atoms. The monoisotopic (exact) mass is 430 g/mol. The number of benzene rings is 2. The molecular formula is C24H22N4O2S. The first-order chi connectivity index (χ1) is 15.3. The van der Waals surface area contributed by atoms with Gasteiger partial charge >= 0.3 is 0 Å². The fourth-order valence-electron chi connectivity index (χ4n) is 3.03. The predicted molar refractivity (Wildman–Crippen MR) is 124 cm³/mol. The lowest BCUT2D eigenvalue weighted by Gasteiger charge is -2.11. The maximum Gasteiger partial charge on any atom is 0.206 e. The Morgan fingerprint density at radius 2 is 1.84 bits per heavy atom. The van der Waals surface area contributed by atoms with Crippen molar-refractivity contribution in [3.05, 3.63) is 94.4 Å². The molecular weight excluding hydrogens is 408 g/mol. The number of pyridine rings is 1. The highest BCUT2D eigenvalue weighted by molar-refractivity contribution is 7.07. The van der Waals surface area contributed by atoms with Gasteiger partial charge in [0.15, 0.2) is 0 Å². The van der Waals surface area contributed by atoms with Gasteiger partial charge in [0.1, 0.15) is 11.5 Å². The van der Waals surface area contributed by atoms with Crippen LogP contribution in [0.25, 0.3) is 11.3 Å². The van der Waals surface area contributed by atoms with Crippen LogP contribution in [0.2, 0.25) is 0 Å². The maximum atomic E-state index is 5.60. The van der Waals surface area contributed by atoms with E-state index in [2.05, 4.69) is 17.1 Å². The number of rotatable bonds is 7. The Bertz CT molecular complexity index is 1230. The molecule has 0 spiro atoms. The highest BCUT2D eigenvalue weighted by Crippen LogP contribution is 2.33. The first kappa shape index (κ1) is 20.6. The van der Waals surface area contributed by atoms with Gasteiger partial charge in [-0.2, -0.15) is 5.10 Å². The van der Waals surface area contributed by atoms with Gasteiger partial charge < -0.3 is 9.47 Å². The highest BCUT2D eigenvalue weighted by atomic mass is 32.1. The topological polar surface area (TPSA) is 61.0 Å². The third-order valence-corrected chi connectivity index (χ3v) is 5.45. The van der Waals surface area contributed by atoms with Gasteiger partial charge in [0.2, 0.25) is 4.80 Å². The summed E-state index contributed by atoms with van der Waals surface area (Å²) in [6.45, 7) is 0.565. The average Bonchev–Trinajstić information content (AvgIpc) is 3.24. The van der Waals surface area contributed by atoms with E-state index in [9.17, 15) is 0 Å². The van der Waals surface area contributed by atoms with Gasteiger partial charge in [-0.1, -0.05) is 36.4 Å². The van der Waals surface area contributed by atoms with Gasteiger partial charge in [-0.15, -0.1) is 11.3 Å². The van der Waals surface area contributed by atoms with Gasteiger partial charge in [0, 0.05) is 17.1 Å². The summed E-state index contributed by atoms with van der Waals surface area (Å²) in [5, 5.41) is 6.73. The standard InChI is InChI=1S/C24H22N4O2S/c1-29-20-11-12-23(30-2)21(14-20)22-17-31-24(26-15-18-8-4-3-5-9-18)28(22)27-16-19-10-6-7-13-25-19/h3-14,16-17H,15H2,1-2H3. The van der Waals surface area contributed by atoms with Crippen LogP contribution >= 0.6 is 11.3 Å². The second-order valence-electron chi connectivity index (χ2n) is 6.58. The van der Waals surface area contributed by atoms with Crippen LogP contribution < -0.4 is 14.3 Å². The average molecular weight is 431 g/mol. The molecule has 0 aliphatic heterocycles. The van der Waals surface area contributed by atoms with Gasteiger partial charge in [-0.25, -0.2) is 4.68 Å². The van der Waals surface area contributed by atoms with E-state index in [0.717, 1.165) is 38.8 Å². The summed E-state index contributed by atoms with van der Waals surface area (Å²) in [5.74, 6) is 1.47. The number of hydrogen-bond acceptors (Lipinski definition) is 6. The van der Waals surface area contributed by atoms with E-state index >= 15 is 0 Å². The normalized spacial score (nSPS) is 11.7. The largest absolute Gasteiger partial charge is 0.497 e. The van der Waals surface area contributed by atoms with Crippen LogP contribution in [0, 0.1) is 0 Å². The Labute approximate surface area is 184 Å². The molecule has 0 aliphatic carbocycles. The molecule has 0 bridgehead atoms. The number of hydrogen-bond donors (Lipinski definition) is 0. The summed E-state index contributed by atoms with van der Waals surface area (Å²) >= 11 is 1.52. The zero-order valence-electron chi connectivity index (χ0n) is 17.3. The second-order valence-corrected chi connectivity index (χ2v) is 7.42. The number of thiazole rings is 1.